The van der Waals surface area contributed by atoms with Crippen LogP contribution in [0.2, 0.25) is 0 Å². The van der Waals surface area contributed by atoms with Crippen molar-refractivity contribution in [2.45, 2.75) is 0 Å². The van der Waals surface area contributed by atoms with Gasteiger partial charge in [0.25, 0.3) is 5.91 Å². The molecule has 0 radical (unpaired) electrons. The van der Waals surface area contributed by atoms with Gasteiger partial charge in [0.05, 0.1) is 23.1 Å². The molecule has 0 aliphatic carbocycles. The molecule has 2 aromatic heterocycles. The van der Waals surface area contributed by atoms with Crippen molar-refractivity contribution in [1.82, 2.24) is 15.6 Å². The standard InChI is InChI=1S/C9H7BrN4O2/c10-7-5-12-13-8(7)9(15)14-11-4-6-2-1-3-16-6/h1-5H,(H,12,13)(H,14,15). The van der Waals surface area contributed by atoms with E-state index in [9.17, 15) is 4.79 Å². The molecule has 0 aliphatic rings. The maximum absolute atomic E-state index is 11.5. The Labute approximate surface area is 98.9 Å². The number of carbonyl (C=O) groups excluding carboxylic acids is 1. The van der Waals surface area contributed by atoms with Crippen LogP contribution in [0.15, 0.2) is 38.6 Å². The number of aromatic amines is 1. The lowest BCUT2D eigenvalue weighted by molar-refractivity contribution is 0.0949. The van der Waals surface area contributed by atoms with Gasteiger partial charge in [-0.1, -0.05) is 0 Å². The summed E-state index contributed by atoms with van der Waals surface area (Å²) < 4.78 is 5.58. The number of halogens is 1. The Morgan fingerprint density at radius 3 is 3.19 bits per heavy atom. The Balaban J connectivity index is 1.97. The van der Waals surface area contributed by atoms with Gasteiger partial charge in [-0.2, -0.15) is 10.2 Å². The molecule has 0 atom stereocenters. The van der Waals surface area contributed by atoms with Gasteiger partial charge in [-0.25, -0.2) is 5.43 Å². The number of rotatable bonds is 3. The first-order chi connectivity index (χ1) is 7.77. The maximum atomic E-state index is 11.5. The molecule has 6 nitrogen and oxygen atoms in total. The van der Waals surface area contributed by atoms with Crippen molar-refractivity contribution in [2.24, 2.45) is 5.10 Å². The van der Waals surface area contributed by atoms with E-state index >= 15 is 0 Å². The number of H-pyrrole nitrogens is 1. The molecular weight excluding hydrogens is 276 g/mol. The molecule has 82 valence electrons. The summed E-state index contributed by atoms with van der Waals surface area (Å²) in [5, 5.41) is 9.96. The van der Waals surface area contributed by atoms with Crippen molar-refractivity contribution in [3.05, 3.63) is 40.5 Å². The van der Waals surface area contributed by atoms with E-state index in [2.05, 4.69) is 36.7 Å². The highest BCUT2D eigenvalue weighted by Crippen LogP contribution is 2.11. The lowest BCUT2D eigenvalue weighted by Gasteiger charge is -1.95. The fourth-order valence-electron chi connectivity index (χ4n) is 1.01. The lowest BCUT2D eigenvalue weighted by Crippen LogP contribution is -2.18. The van der Waals surface area contributed by atoms with Crippen LogP contribution in [0, 0.1) is 0 Å². The molecule has 0 unspecified atom stereocenters. The van der Waals surface area contributed by atoms with Crippen LogP contribution in [0.5, 0.6) is 0 Å². The Morgan fingerprint density at radius 2 is 2.56 bits per heavy atom. The molecule has 1 amide bonds. The third-order valence-corrected chi connectivity index (χ3v) is 2.32. The van der Waals surface area contributed by atoms with E-state index in [4.69, 9.17) is 4.42 Å². The minimum absolute atomic E-state index is 0.316. The van der Waals surface area contributed by atoms with E-state index in [1.807, 2.05) is 0 Å². The Bertz CT molecular complexity index is 503. The largest absolute Gasteiger partial charge is 0.463 e. The summed E-state index contributed by atoms with van der Waals surface area (Å²) >= 11 is 3.17. The number of amides is 1. The molecule has 2 rings (SSSR count). The van der Waals surface area contributed by atoms with Gasteiger partial charge in [-0.3, -0.25) is 9.89 Å². The summed E-state index contributed by atoms with van der Waals surface area (Å²) in [7, 11) is 0. The van der Waals surface area contributed by atoms with Crippen LogP contribution in [-0.4, -0.2) is 22.3 Å². The summed E-state index contributed by atoms with van der Waals surface area (Å²) in [6, 6.07) is 3.45. The van der Waals surface area contributed by atoms with E-state index in [1.165, 1.54) is 18.7 Å². The SMILES string of the molecule is O=C(NN=Cc1ccco1)c1[nH]ncc1Br. The van der Waals surface area contributed by atoms with Gasteiger partial charge in [-0.05, 0) is 28.1 Å². The van der Waals surface area contributed by atoms with Gasteiger partial charge in [0, 0.05) is 0 Å². The summed E-state index contributed by atoms with van der Waals surface area (Å²) in [5.74, 6) is 0.177. The number of furan rings is 1. The van der Waals surface area contributed by atoms with E-state index < -0.39 is 0 Å². The van der Waals surface area contributed by atoms with Crippen LogP contribution in [-0.2, 0) is 0 Å². The van der Waals surface area contributed by atoms with Crippen molar-refractivity contribution in [1.29, 1.82) is 0 Å². The quantitative estimate of drug-likeness (QED) is 0.662. The second kappa shape index (κ2) is 4.75. The molecule has 0 aliphatic heterocycles. The predicted molar refractivity (Wildman–Crippen MR) is 60.1 cm³/mol. The first-order valence-electron chi connectivity index (χ1n) is 4.33. The molecular formula is C9H7BrN4O2. The molecule has 0 saturated carbocycles. The Kier molecular flexibility index (Phi) is 3.16. The van der Waals surface area contributed by atoms with Gasteiger partial charge in [0.2, 0.25) is 0 Å². The zero-order chi connectivity index (χ0) is 11.4. The van der Waals surface area contributed by atoms with Crippen molar-refractivity contribution >= 4 is 28.1 Å². The van der Waals surface area contributed by atoms with Crippen molar-refractivity contribution in [3.63, 3.8) is 0 Å². The van der Waals surface area contributed by atoms with Gasteiger partial charge in [0.15, 0.2) is 0 Å². The van der Waals surface area contributed by atoms with Crippen molar-refractivity contribution in [2.75, 3.05) is 0 Å². The topological polar surface area (TPSA) is 83.3 Å². The highest BCUT2D eigenvalue weighted by Gasteiger charge is 2.10. The first-order valence-corrected chi connectivity index (χ1v) is 5.12. The number of nitrogens with zero attached hydrogens (tertiary/aromatic N) is 2. The van der Waals surface area contributed by atoms with E-state index in [0.717, 1.165) is 0 Å². The molecule has 2 heterocycles. The normalized spacial score (nSPS) is 10.8. The third kappa shape index (κ3) is 2.37. The molecule has 0 bridgehead atoms. The summed E-state index contributed by atoms with van der Waals surface area (Å²) in [6.07, 6.45) is 4.42. The average Bonchev–Trinajstić information content (AvgIpc) is 2.88. The first kappa shape index (κ1) is 10.6. The smallest absolute Gasteiger partial charge is 0.290 e. The number of hydrogen-bond acceptors (Lipinski definition) is 4. The Hall–Kier alpha value is -1.89. The molecule has 0 spiro atoms. The van der Waals surface area contributed by atoms with E-state index in [1.54, 1.807) is 12.1 Å². The zero-order valence-electron chi connectivity index (χ0n) is 7.98. The van der Waals surface area contributed by atoms with Crippen molar-refractivity contribution < 1.29 is 9.21 Å². The van der Waals surface area contributed by atoms with Crippen LogP contribution in [0.1, 0.15) is 16.2 Å². The average molecular weight is 283 g/mol. The maximum Gasteiger partial charge on any atom is 0.290 e. The number of carbonyl (C=O) groups is 1. The monoisotopic (exact) mass is 282 g/mol. The lowest BCUT2D eigenvalue weighted by atomic mass is 10.4. The molecule has 7 heteroatoms. The summed E-state index contributed by atoms with van der Waals surface area (Å²) in [4.78, 5) is 11.5. The molecule has 2 N–H and O–H groups in total. The van der Waals surface area contributed by atoms with Crippen LogP contribution in [0.4, 0.5) is 0 Å². The molecule has 0 aromatic carbocycles. The number of nitrogens with one attached hydrogen (secondary N) is 2. The molecule has 2 aromatic rings. The van der Waals surface area contributed by atoms with Gasteiger partial charge >= 0.3 is 0 Å². The summed E-state index contributed by atoms with van der Waals surface area (Å²) in [6.45, 7) is 0. The fourth-order valence-corrected chi connectivity index (χ4v) is 1.38. The fraction of sp³-hybridized carbons (Fsp3) is 0. The minimum atomic E-state index is -0.382. The van der Waals surface area contributed by atoms with Crippen LogP contribution >= 0.6 is 15.9 Å². The van der Waals surface area contributed by atoms with Gasteiger partial charge in [0.1, 0.15) is 11.5 Å². The van der Waals surface area contributed by atoms with E-state index in [-0.39, 0.29) is 5.91 Å². The highest BCUT2D eigenvalue weighted by atomic mass is 79.9. The van der Waals surface area contributed by atoms with Crippen LogP contribution in [0.3, 0.4) is 0 Å². The number of aromatic nitrogens is 2. The highest BCUT2D eigenvalue weighted by molar-refractivity contribution is 9.10. The van der Waals surface area contributed by atoms with Gasteiger partial charge < -0.3 is 4.42 Å². The van der Waals surface area contributed by atoms with Crippen LogP contribution in [0.25, 0.3) is 0 Å². The molecule has 16 heavy (non-hydrogen) atoms. The number of hydrazone groups is 1. The van der Waals surface area contributed by atoms with Crippen LogP contribution < -0.4 is 5.43 Å². The second-order valence-corrected chi connectivity index (χ2v) is 3.66. The number of hydrogen-bond donors (Lipinski definition) is 2. The zero-order valence-corrected chi connectivity index (χ0v) is 9.56. The predicted octanol–water partition coefficient (Wildman–Crippen LogP) is 1.53. The third-order valence-electron chi connectivity index (χ3n) is 1.72. The summed E-state index contributed by atoms with van der Waals surface area (Å²) in [5.41, 5.74) is 2.65. The van der Waals surface area contributed by atoms with E-state index in [0.29, 0.717) is 15.9 Å². The van der Waals surface area contributed by atoms with Gasteiger partial charge in [-0.15, -0.1) is 0 Å². The van der Waals surface area contributed by atoms with Crippen molar-refractivity contribution in [3.8, 4) is 0 Å². The second-order valence-electron chi connectivity index (χ2n) is 2.81. The Morgan fingerprint density at radius 1 is 1.69 bits per heavy atom. The molecule has 0 fully saturated rings. The molecule has 0 saturated heterocycles. The minimum Gasteiger partial charge on any atom is -0.463 e.